The summed E-state index contributed by atoms with van der Waals surface area (Å²) in [6.07, 6.45) is 4.09. The van der Waals surface area contributed by atoms with E-state index in [9.17, 15) is 13.2 Å². The molecule has 0 radical (unpaired) electrons. The lowest BCUT2D eigenvalue weighted by molar-refractivity contribution is 0.0489. The van der Waals surface area contributed by atoms with Crippen LogP contribution in [-0.4, -0.2) is 66.0 Å². The van der Waals surface area contributed by atoms with Crippen molar-refractivity contribution in [2.75, 3.05) is 13.1 Å². The van der Waals surface area contributed by atoms with Gasteiger partial charge in [0, 0.05) is 37.3 Å². The quantitative estimate of drug-likeness (QED) is 0.755. The lowest BCUT2D eigenvalue weighted by Gasteiger charge is -2.41. The van der Waals surface area contributed by atoms with E-state index < -0.39 is 21.9 Å². The fraction of sp³-hybridized carbons (Fsp3) is 0.941. The van der Waals surface area contributed by atoms with E-state index >= 15 is 0 Å². The third-order valence-corrected chi connectivity index (χ3v) is 7.62. The second-order valence-corrected chi connectivity index (χ2v) is 10.6. The first kappa shape index (κ1) is 19.9. The zero-order valence-electron chi connectivity index (χ0n) is 16.0. The van der Waals surface area contributed by atoms with Gasteiger partial charge in [0.2, 0.25) is 0 Å². The summed E-state index contributed by atoms with van der Waals surface area (Å²) in [7, 11) is -3.46. The van der Waals surface area contributed by atoms with Crippen molar-refractivity contribution < 1.29 is 17.9 Å². The molecule has 26 heavy (non-hydrogen) atoms. The number of ether oxygens (including phenoxy) is 1. The van der Waals surface area contributed by atoms with Crippen molar-refractivity contribution in [2.24, 2.45) is 5.73 Å². The number of nitrogens with two attached hydrogens (primary N) is 1. The predicted octanol–water partition coefficient (Wildman–Crippen LogP) is 1.17. The lowest BCUT2D eigenvalue weighted by atomic mass is 10.0. The van der Waals surface area contributed by atoms with Crippen LogP contribution < -0.4 is 11.1 Å². The molecule has 3 rings (SSSR count). The molecule has 150 valence electrons. The smallest absolute Gasteiger partial charge is 0.407 e. The molecule has 3 aliphatic heterocycles. The Balaban J connectivity index is 1.55. The molecule has 0 spiro atoms. The minimum atomic E-state index is -3.46. The van der Waals surface area contributed by atoms with Gasteiger partial charge in [0.25, 0.3) is 10.2 Å². The van der Waals surface area contributed by atoms with E-state index in [1.54, 1.807) is 8.61 Å². The van der Waals surface area contributed by atoms with Gasteiger partial charge in [0.05, 0.1) is 0 Å². The Bertz CT molecular complexity index is 611. The first-order chi connectivity index (χ1) is 12.1. The highest BCUT2D eigenvalue weighted by atomic mass is 32.2. The summed E-state index contributed by atoms with van der Waals surface area (Å²) in [6, 6.07) is 0.156. The number of nitrogens with zero attached hydrogens (tertiary/aromatic N) is 2. The maximum atomic E-state index is 13.1. The highest BCUT2D eigenvalue weighted by molar-refractivity contribution is 7.86. The van der Waals surface area contributed by atoms with E-state index in [4.69, 9.17) is 10.5 Å². The van der Waals surface area contributed by atoms with Crippen molar-refractivity contribution in [2.45, 2.75) is 89.1 Å². The molecule has 3 N–H and O–H groups in total. The SMILES string of the molecule is CC(C)(C)OC(=O)NC1CCN(S(=O)(=O)N2[C@@H]3CC[C@H]2C[C@H](N)C3)CC1. The van der Waals surface area contributed by atoms with Crippen molar-refractivity contribution in [3.05, 3.63) is 0 Å². The number of piperidine rings is 2. The minimum Gasteiger partial charge on any atom is -0.444 e. The van der Waals surface area contributed by atoms with Crippen LogP contribution in [0.3, 0.4) is 0 Å². The first-order valence-electron chi connectivity index (χ1n) is 9.60. The summed E-state index contributed by atoms with van der Waals surface area (Å²) in [5, 5.41) is 2.85. The molecule has 3 fully saturated rings. The third-order valence-electron chi connectivity index (χ3n) is 5.47. The Morgan fingerprint density at radius 3 is 2.12 bits per heavy atom. The summed E-state index contributed by atoms with van der Waals surface area (Å²) in [5.74, 6) is 0. The van der Waals surface area contributed by atoms with Crippen LogP contribution in [0.4, 0.5) is 4.79 Å². The van der Waals surface area contributed by atoms with Gasteiger partial charge in [0.15, 0.2) is 0 Å². The fourth-order valence-corrected chi connectivity index (χ4v) is 6.47. The molecule has 0 saturated carbocycles. The highest BCUT2D eigenvalue weighted by Crippen LogP contribution is 2.38. The van der Waals surface area contributed by atoms with E-state index in [1.807, 2.05) is 20.8 Å². The third kappa shape index (κ3) is 4.32. The van der Waals surface area contributed by atoms with Gasteiger partial charge < -0.3 is 15.8 Å². The van der Waals surface area contributed by atoms with Crippen molar-refractivity contribution in [3.63, 3.8) is 0 Å². The van der Waals surface area contributed by atoms with Gasteiger partial charge >= 0.3 is 6.09 Å². The zero-order valence-corrected chi connectivity index (χ0v) is 16.8. The molecule has 2 bridgehead atoms. The van der Waals surface area contributed by atoms with Crippen molar-refractivity contribution in [1.29, 1.82) is 0 Å². The first-order valence-corrected chi connectivity index (χ1v) is 11.0. The summed E-state index contributed by atoms with van der Waals surface area (Å²) in [5.41, 5.74) is 5.52. The van der Waals surface area contributed by atoms with E-state index in [2.05, 4.69) is 5.32 Å². The molecule has 3 heterocycles. The molecule has 0 aromatic heterocycles. The molecular weight excluding hydrogens is 356 g/mol. The number of hydrogen-bond donors (Lipinski definition) is 2. The van der Waals surface area contributed by atoms with Gasteiger partial charge in [-0.15, -0.1) is 0 Å². The standard InChI is InChI=1S/C17H32N4O4S/c1-17(2,3)25-16(22)19-13-6-8-20(9-7-13)26(23,24)21-14-4-5-15(21)11-12(18)10-14/h12-15H,4-11,18H2,1-3H3,(H,19,22)/t12-,14-,15+. The fourth-order valence-electron chi connectivity index (χ4n) is 4.39. The molecule has 9 heteroatoms. The van der Waals surface area contributed by atoms with E-state index in [-0.39, 0.29) is 24.2 Å². The second kappa shape index (κ2) is 7.26. The maximum absolute atomic E-state index is 13.1. The van der Waals surface area contributed by atoms with Crippen LogP contribution in [0.25, 0.3) is 0 Å². The average molecular weight is 389 g/mol. The number of fused-ring (bicyclic) bond motifs is 2. The van der Waals surface area contributed by atoms with Crippen molar-refractivity contribution in [1.82, 2.24) is 13.9 Å². The predicted molar refractivity (Wildman–Crippen MR) is 98.7 cm³/mol. The van der Waals surface area contributed by atoms with Gasteiger partial charge in [-0.05, 0) is 59.3 Å². The Kier molecular flexibility index (Phi) is 5.54. The van der Waals surface area contributed by atoms with Crippen LogP contribution in [0.2, 0.25) is 0 Å². The zero-order chi connectivity index (χ0) is 19.1. The molecule has 8 nitrogen and oxygen atoms in total. The summed E-state index contributed by atoms with van der Waals surface area (Å²) >= 11 is 0. The molecule has 0 aliphatic carbocycles. The lowest BCUT2D eigenvalue weighted by Crippen LogP contribution is -2.57. The van der Waals surface area contributed by atoms with Gasteiger partial charge in [-0.1, -0.05) is 0 Å². The molecule has 0 aromatic carbocycles. The van der Waals surface area contributed by atoms with Gasteiger partial charge in [0.1, 0.15) is 5.60 Å². The number of carbonyl (C=O) groups is 1. The van der Waals surface area contributed by atoms with Crippen LogP contribution in [0.15, 0.2) is 0 Å². The summed E-state index contributed by atoms with van der Waals surface area (Å²) in [6.45, 7) is 6.30. The minimum absolute atomic E-state index is 0.0476. The van der Waals surface area contributed by atoms with Crippen LogP contribution in [0.1, 0.15) is 59.3 Å². The topological polar surface area (TPSA) is 105 Å². The van der Waals surface area contributed by atoms with Crippen LogP contribution in [0, 0.1) is 0 Å². The van der Waals surface area contributed by atoms with Crippen LogP contribution >= 0.6 is 0 Å². The molecular formula is C17H32N4O4S. The number of carbonyl (C=O) groups excluding carboxylic acids is 1. The Morgan fingerprint density at radius 2 is 1.62 bits per heavy atom. The second-order valence-electron chi connectivity index (χ2n) is 8.77. The van der Waals surface area contributed by atoms with Crippen molar-refractivity contribution in [3.8, 4) is 0 Å². The molecule has 0 aromatic rings. The molecule has 3 saturated heterocycles. The Labute approximate surface area is 156 Å². The van der Waals surface area contributed by atoms with Gasteiger partial charge in [-0.25, -0.2) is 4.79 Å². The largest absolute Gasteiger partial charge is 0.444 e. The highest BCUT2D eigenvalue weighted by Gasteiger charge is 2.48. The van der Waals surface area contributed by atoms with Crippen LogP contribution in [-0.2, 0) is 14.9 Å². The Morgan fingerprint density at radius 1 is 1.08 bits per heavy atom. The van der Waals surface area contributed by atoms with Crippen LogP contribution in [0.5, 0.6) is 0 Å². The van der Waals surface area contributed by atoms with Gasteiger partial charge in [-0.2, -0.15) is 17.0 Å². The summed E-state index contributed by atoms with van der Waals surface area (Å²) < 4.78 is 34.8. The Hall–Kier alpha value is -0.900. The number of rotatable bonds is 3. The van der Waals surface area contributed by atoms with E-state index in [0.717, 1.165) is 25.7 Å². The summed E-state index contributed by atoms with van der Waals surface area (Å²) in [4.78, 5) is 11.9. The van der Waals surface area contributed by atoms with E-state index in [0.29, 0.717) is 25.9 Å². The van der Waals surface area contributed by atoms with Crippen molar-refractivity contribution >= 4 is 16.3 Å². The van der Waals surface area contributed by atoms with E-state index in [1.165, 1.54) is 0 Å². The number of alkyl carbamates (subject to hydrolysis) is 1. The molecule has 1 amide bonds. The molecule has 3 aliphatic rings. The number of nitrogens with one attached hydrogen (secondary N) is 1. The van der Waals surface area contributed by atoms with Gasteiger partial charge in [-0.3, -0.25) is 0 Å². The average Bonchev–Trinajstić information content (AvgIpc) is 2.79. The number of amides is 1. The molecule has 0 unspecified atom stereocenters. The molecule has 3 atom stereocenters. The normalized spacial score (nSPS) is 31.8. The maximum Gasteiger partial charge on any atom is 0.407 e. The monoisotopic (exact) mass is 388 g/mol. The number of hydrogen-bond acceptors (Lipinski definition) is 5.